The van der Waals surface area contributed by atoms with Gasteiger partial charge in [-0.3, -0.25) is 0 Å². The number of benzene rings is 1. The van der Waals surface area contributed by atoms with Crippen molar-refractivity contribution >= 4 is 26.8 Å². The number of hydrogen-bond donors (Lipinski definition) is 2. The molecule has 0 aliphatic carbocycles. The van der Waals surface area contributed by atoms with Gasteiger partial charge in [-0.25, -0.2) is 13.2 Å². The summed E-state index contributed by atoms with van der Waals surface area (Å²) >= 11 is 0. The minimum Gasteiger partial charge on any atom is -0.356 e. The van der Waals surface area contributed by atoms with Gasteiger partial charge in [0.25, 0.3) is 0 Å². The molecule has 1 saturated heterocycles. The molecular formula is C17H21N3O3S. The third-order valence-corrected chi connectivity index (χ3v) is 6.92. The van der Waals surface area contributed by atoms with E-state index in [1.165, 1.54) is 10.9 Å². The van der Waals surface area contributed by atoms with Gasteiger partial charge in [0.1, 0.15) is 0 Å². The van der Waals surface area contributed by atoms with E-state index in [4.69, 9.17) is 0 Å². The van der Waals surface area contributed by atoms with Crippen LogP contribution in [0.5, 0.6) is 0 Å². The Morgan fingerprint density at radius 2 is 2.12 bits per heavy atom. The minimum atomic E-state index is -2.99. The average molecular weight is 347 g/mol. The number of hydrogen-bond acceptors (Lipinski definition) is 3. The first kappa shape index (κ1) is 15.5. The van der Waals surface area contributed by atoms with Crippen LogP contribution < -0.4 is 5.32 Å². The summed E-state index contributed by atoms with van der Waals surface area (Å²) in [4.78, 5) is 17.8. The van der Waals surface area contributed by atoms with Gasteiger partial charge in [0.05, 0.1) is 17.5 Å². The number of carbonyl (C=O) groups is 1. The van der Waals surface area contributed by atoms with E-state index < -0.39 is 9.84 Å². The second-order valence-corrected chi connectivity index (χ2v) is 8.96. The minimum absolute atomic E-state index is 0.0542. The number of nitrogens with zero attached hydrogens (tertiary/aromatic N) is 1. The van der Waals surface area contributed by atoms with Gasteiger partial charge in [-0.1, -0.05) is 18.2 Å². The first-order chi connectivity index (χ1) is 11.4. The number of H-pyrrole nitrogens is 1. The van der Waals surface area contributed by atoms with Crippen molar-refractivity contribution in [1.82, 2.24) is 15.2 Å². The number of aromatic nitrogens is 1. The normalized spacial score (nSPS) is 25.6. The highest BCUT2D eigenvalue weighted by Crippen LogP contribution is 2.34. The third-order valence-electron chi connectivity index (χ3n) is 5.16. The quantitative estimate of drug-likeness (QED) is 0.827. The molecule has 2 aliphatic rings. The molecule has 3 heterocycles. The number of nitrogens with one attached hydrogen (secondary N) is 2. The van der Waals surface area contributed by atoms with Crippen molar-refractivity contribution in [2.45, 2.75) is 31.8 Å². The van der Waals surface area contributed by atoms with Crippen LogP contribution in [0.1, 0.15) is 30.6 Å². The van der Waals surface area contributed by atoms with E-state index >= 15 is 0 Å². The molecule has 2 atom stereocenters. The number of sulfone groups is 1. The van der Waals surface area contributed by atoms with Gasteiger partial charge in [-0.2, -0.15) is 0 Å². The molecule has 2 aliphatic heterocycles. The van der Waals surface area contributed by atoms with E-state index in [-0.39, 0.29) is 29.6 Å². The molecule has 7 heteroatoms. The number of carbonyl (C=O) groups excluding carboxylic acids is 1. The number of fused-ring (bicyclic) bond motifs is 3. The lowest BCUT2D eigenvalue weighted by molar-refractivity contribution is 0.171. The monoisotopic (exact) mass is 347 g/mol. The van der Waals surface area contributed by atoms with E-state index in [1.54, 1.807) is 4.90 Å². The van der Waals surface area contributed by atoms with Crippen molar-refractivity contribution in [3.8, 4) is 0 Å². The van der Waals surface area contributed by atoms with Gasteiger partial charge in [0.15, 0.2) is 9.84 Å². The number of rotatable bonds is 1. The Kier molecular flexibility index (Phi) is 3.56. The molecule has 128 valence electrons. The zero-order chi connectivity index (χ0) is 16.9. The molecule has 2 aromatic rings. The standard InChI is InChI=1S/C17H21N3O3S/c1-11-16-14(13-4-2-3-5-15(13)19-16)6-8-20(11)17(21)18-12-7-9-24(22,23)10-12/h2-5,11-12,19H,6-10H2,1H3,(H,18,21). The van der Waals surface area contributed by atoms with E-state index in [2.05, 4.69) is 16.4 Å². The van der Waals surface area contributed by atoms with E-state index in [9.17, 15) is 13.2 Å². The lowest BCUT2D eigenvalue weighted by Crippen LogP contribution is -2.48. The summed E-state index contributed by atoms with van der Waals surface area (Å²) in [5.74, 6) is 0.221. The summed E-state index contributed by atoms with van der Waals surface area (Å²) in [6.07, 6.45) is 1.31. The highest BCUT2D eigenvalue weighted by atomic mass is 32.2. The number of para-hydroxylation sites is 1. The predicted octanol–water partition coefficient (Wildman–Crippen LogP) is 1.98. The average Bonchev–Trinajstić information content (AvgIpc) is 3.08. The van der Waals surface area contributed by atoms with Gasteiger partial charge < -0.3 is 15.2 Å². The summed E-state index contributed by atoms with van der Waals surface area (Å²) in [7, 11) is -2.99. The molecule has 0 radical (unpaired) electrons. The Morgan fingerprint density at radius 3 is 2.88 bits per heavy atom. The maximum Gasteiger partial charge on any atom is 0.318 e. The van der Waals surface area contributed by atoms with Gasteiger partial charge in [0.2, 0.25) is 0 Å². The van der Waals surface area contributed by atoms with Crippen molar-refractivity contribution < 1.29 is 13.2 Å². The second kappa shape index (κ2) is 5.51. The molecule has 6 nitrogen and oxygen atoms in total. The van der Waals surface area contributed by atoms with Crippen LogP contribution in [0.4, 0.5) is 4.79 Å². The third kappa shape index (κ3) is 2.56. The molecule has 1 aromatic carbocycles. The first-order valence-corrected chi connectivity index (χ1v) is 10.1. The lowest BCUT2D eigenvalue weighted by Gasteiger charge is -2.34. The van der Waals surface area contributed by atoms with Gasteiger partial charge in [0, 0.05) is 29.2 Å². The van der Waals surface area contributed by atoms with Crippen LogP contribution in [0.3, 0.4) is 0 Å². The topological polar surface area (TPSA) is 82.3 Å². The molecule has 1 fully saturated rings. The Hall–Kier alpha value is -2.02. The van der Waals surface area contributed by atoms with E-state index in [0.717, 1.165) is 17.6 Å². The maximum atomic E-state index is 12.6. The molecule has 1 aromatic heterocycles. The summed E-state index contributed by atoms with van der Waals surface area (Å²) in [6.45, 7) is 2.65. The smallest absolute Gasteiger partial charge is 0.318 e. The van der Waals surface area contributed by atoms with Crippen LogP contribution in [0.15, 0.2) is 24.3 Å². The summed E-state index contributed by atoms with van der Waals surface area (Å²) in [6, 6.07) is 7.69. The van der Waals surface area contributed by atoms with Crippen molar-refractivity contribution in [3.05, 3.63) is 35.5 Å². The zero-order valence-electron chi connectivity index (χ0n) is 13.6. The predicted molar refractivity (Wildman–Crippen MR) is 92.7 cm³/mol. The Balaban J connectivity index is 1.54. The first-order valence-electron chi connectivity index (χ1n) is 8.31. The second-order valence-electron chi connectivity index (χ2n) is 6.73. The Morgan fingerprint density at radius 1 is 1.33 bits per heavy atom. The van der Waals surface area contributed by atoms with Crippen LogP contribution in [0.25, 0.3) is 10.9 Å². The zero-order valence-corrected chi connectivity index (χ0v) is 14.4. The van der Waals surface area contributed by atoms with Crippen molar-refractivity contribution in [1.29, 1.82) is 0 Å². The van der Waals surface area contributed by atoms with Gasteiger partial charge in [-0.15, -0.1) is 0 Å². The van der Waals surface area contributed by atoms with Crippen LogP contribution in [-0.4, -0.2) is 48.4 Å². The Labute approximate surface area is 141 Å². The maximum absolute atomic E-state index is 12.6. The fourth-order valence-corrected chi connectivity index (χ4v) is 5.55. The SMILES string of the molecule is CC1c2[nH]c3ccccc3c2CCN1C(=O)NC1CCS(=O)(=O)C1. The van der Waals surface area contributed by atoms with Gasteiger partial charge >= 0.3 is 6.03 Å². The summed E-state index contributed by atoms with van der Waals surface area (Å²) < 4.78 is 23.1. The number of aromatic amines is 1. The molecule has 2 amide bonds. The van der Waals surface area contributed by atoms with Gasteiger partial charge in [-0.05, 0) is 31.4 Å². The Bertz CT molecular complexity index is 903. The highest BCUT2D eigenvalue weighted by Gasteiger charge is 2.34. The fourth-order valence-electron chi connectivity index (χ4n) is 3.87. The van der Waals surface area contributed by atoms with Crippen molar-refractivity contribution in [3.63, 3.8) is 0 Å². The number of urea groups is 1. The molecular weight excluding hydrogens is 326 g/mol. The number of amides is 2. The van der Waals surface area contributed by atoms with Crippen molar-refractivity contribution in [2.75, 3.05) is 18.1 Å². The molecule has 0 saturated carbocycles. The highest BCUT2D eigenvalue weighted by molar-refractivity contribution is 7.91. The van der Waals surface area contributed by atoms with E-state index in [1.807, 2.05) is 25.1 Å². The lowest BCUT2D eigenvalue weighted by atomic mass is 9.98. The van der Waals surface area contributed by atoms with Crippen LogP contribution in [-0.2, 0) is 16.3 Å². The fraction of sp³-hybridized carbons (Fsp3) is 0.471. The van der Waals surface area contributed by atoms with Crippen LogP contribution >= 0.6 is 0 Å². The van der Waals surface area contributed by atoms with Crippen LogP contribution in [0.2, 0.25) is 0 Å². The summed E-state index contributed by atoms with van der Waals surface area (Å²) in [5.41, 5.74) is 3.46. The molecule has 4 rings (SSSR count). The molecule has 0 bridgehead atoms. The van der Waals surface area contributed by atoms with Crippen LogP contribution in [0, 0.1) is 0 Å². The molecule has 2 unspecified atom stereocenters. The molecule has 2 N–H and O–H groups in total. The van der Waals surface area contributed by atoms with Crippen molar-refractivity contribution in [2.24, 2.45) is 0 Å². The largest absolute Gasteiger partial charge is 0.356 e. The molecule has 24 heavy (non-hydrogen) atoms. The van der Waals surface area contributed by atoms with E-state index in [0.29, 0.717) is 13.0 Å². The summed E-state index contributed by atoms with van der Waals surface area (Å²) in [5, 5.41) is 4.12. The molecule has 0 spiro atoms.